The maximum Gasteiger partial charge on any atom is 0.226 e. The van der Waals surface area contributed by atoms with E-state index in [0.29, 0.717) is 19.4 Å². The number of hydrogen-bond acceptors (Lipinski definition) is 3. The second kappa shape index (κ2) is 4.57. The van der Waals surface area contributed by atoms with Crippen LogP contribution in [0.15, 0.2) is 12.2 Å². The molecule has 1 fully saturated rings. The van der Waals surface area contributed by atoms with Crippen molar-refractivity contribution in [3.8, 4) is 0 Å². The third-order valence-electron chi connectivity index (χ3n) is 3.27. The van der Waals surface area contributed by atoms with Gasteiger partial charge in [0.05, 0.1) is 11.5 Å². The van der Waals surface area contributed by atoms with E-state index in [1.165, 1.54) is 0 Å². The molecule has 0 radical (unpaired) electrons. The van der Waals surface area contributed by atoms with Gasteiger partial charge in [0.2, 0.25) is 5.91 Å². The molecule has 1 amide bonds. The van der Waals surface area contributed by atoms with Crippen LogP contribution >= 0.6 is 0 Å². The molecular weight excluding hydrogens is 226 g/mol. The zero-order valence-electron chi connectivity index (χ0n) is 9.26. The summed E-state index contributed by atoms with van der Waals surface area (Å²) in [5, 5.41) is 0. The molecule has 0 bridgehead atoms. The third-order valence-corrected chi connectivity index (χ3v) is 4.99. The van der Waals surface area contributed by atoms with E-state index < -0.39 is 9.84 Å². The molecule has 0 N–H and O–H groups in total. The van der Waals surface area contributed by atoms with E-state index in [-0.39, 0.29) is 23.3 Å². The second-order valence-corrected chi connectivity index (χ2v) is 6.77. The van der Waals surface area contributed by atoms with Crippen molar-refractivity contribution in [2.45, 2.75) is 19.3 Å². The molecular formula is C11H17NO3S. The minimum absolute atomic E-state index is 0.0741. The summed E-state index contributed by atoms with van der Waals surface area (Å²) in [4.78, 5) is 13.9. The van der Waals surface area contributed by atoms with E-state index in [2.05, 4.69) is 6.08 Å². The van der Waals surface area contributed by atoms with Crippen LogP contribution in [-0.4, -0.2) is 43.8 Å². The van der Waals surface area contributed by atoms with Crippen molar-refractivity contribution in [3.63, 3.8) is 0 Å². The van der Waals surface area contributed by atoms with E-state index >= 15 is 0 Å². The Morgan fingerprint density at radius 3 is 2.44 bits per heavy atom. The van der Waals surface area contributed by atoms with Crippen LogP contribution < -0.4 is 0 Å². The normalized spacial score (nSPS) is 25.6. The molecule has 0 atom stereocenters. The predicted octanol–water partition coefficient (Wildman–Crippen LogP) is 0.600. The molecule has 0 aromatic rings. The van der Waals surface area contributed by atoms with Crippen LogP contribution in [0.2, 0.25) is 0 Å². The van der Waals surface area contributed by atoms with Crippen molar-refractivity contribution in [2.75, 3.05) is 24.6 Å². The van der Waals surface area contributed by atoms with Crippen molar-refractivity contribution < 1.29 is 13.2 Å². The fourth-order valence-corrected chi connectivity index (χ4v) is 3.73. The number of rotatable bonds is 1. The van der Waals surface area contributed by atoms with Gasteiger partial charge in [-0.05, 0) is 19.3 Å². The summed E-state index contributed by atoms with van der Waals surface area (Å²) in [6, 6.07) is 0. The van der Waals surface area contributed by atoms with Crippen molar-refractivity contribution in [1.82, 2.24) is 4.90 Å². The second-order valence-electron chi connectivity index (χ2n) is 4.47. The first kappa shape index (κ1) is 11.6. The van der Waals surface area contributed by atoms with Crippen LogP contribution in [0.4, 0.5) is 0 Å². The SMILES string of the molecule is O=C(C1CCS(=O)(=O)CC1)N1CC=CCC1. The van der Waals surface area contributed by atoms with Crippen molar-refractivity contribution in [1.29, 1.82) is 0 Å². The maximum absolute atomic E-state index is 12.1. The van der Waals surface area contributed by atoms with E-state index in [1.54, 1.807) is 0 Å². The van der Waals surface area contributed by atoms with Gasteiger partial charge in [-0.25, -0.2) is 8.42 Å². The highest BCUT2D eigenvalue weighted by Crippen LogP contribution is 2.21. The molecule has 0 aromatic carbocycles. The molecule has 0 spiro atoms. The molecule has 0 saturated carbocycles. The lowest BCUT2D eigenvalue weighted by atomic mass is 10.0. The smallest absolute Gasteiger partial charge is 0.226 e. The van der Waals surface area contributed by atoms with Gasteiger partial charge < -0.3 is 4.90 Å². The minimum Gasteiger partial charge on any atom is -0.338 e. The van der Waals surface area contributed by atoms with Crippen molar-refractivity contribution >= 4 is 15.7 Å². The van der Waals surface area contributed by atoms with Crippen LogP contribution in [0.5, 0.6) is 0 Å². The summed E-state index contributed by atoms with van der Waals surface area (Å²) < 4.78 is 22.5. The molecule has 16 heavy (non-hydrogen) atoms. The lowest BCUT2D eigenvalue weighted by Gasteiger charge is -2.29. The zero-order valence-corrected chi connectivity index (χ0v) is 10.1. The summed E-state index contributed by atoms with van der Waals surface area (Å²) in [6.07, 6.45) is 6.00. The summed E-state index contributed by atoms with van der Waals surface area (Å²) in [6.45, 7) is 1.46. The number of hydrogen-bond donors (Lipinski definition) is 0. The topological polar surface area (TPSA) is 54.5 Å². The highest BCUT2D eigenvalue weighted by molar-refractivity contribution is 7.91. The average Bonchev–Trinajstić information content (AvgIpc) is 2.29. The first-order chi connectivity index (χ1) is 7.58. The van der Waals surface area contributed by atoms with Crippen LogP contribution in [-0.2, 0) is 14.6 Å². The molecule has 0 aromatic heterocycles. The Bertz CT molecular complexity index is 385. The summed E-state index contributed by atoms with van der Waals surface area (Å²) in [5.41, 5.74) is 0. The first-order valence-corrected chi connectivity index (χ1v) is 7.55. The molecule has 90 valence electrons. The van der Waals surface area contributed by atoms with Crippen LogP contribution in [0.3, 0.4) is 0 Å². The van der Waals surface area contributed by atoms with Crippen LogP contribution in [0.25, 0.3) is 0 Å². The van der Waals surface area contributed by atoms with Gasteiger partial charge in [0.15, 0.2) is 0 Å². The number of sulfone groups is 1. The van der Waals surface area contributed by atoms with E-state index in [9.17, 15) is 13.2 Å². The largest absolute Gasteiger partial charge is 0.338 e. The minimum atomic E-state index is -2.86. The van der Waals surface area contributed by atoms with Gasteiger partial charge in [-0.2, -0.15) is 0 Å². The molecule has 0 aliphatic carbocycles. The van der Waals surface area contributed by atoms with Gasteiger partial charge in [0.25, 0.3) is 0 Å². The number of carbonyl (C=O) groups is 1. The van der Waals surface area contributed by atoms with E-state index in [0.717, 1.165) is 13.0 Å². The summed E-state index contributed by atoms with van der Waals surface area (Å²) >= 11 is 0. The zero-order chi connectivity index (χ0) is 11.6. The molecule has 2 rings (SSSR count). The molecule has 4 nitrogen and oxygen atoms in total. The van der Waals surface area contributed by atoms with Crippen molar-refractivity contribution in [3.05, 3.63) is 12.2 Å². The van der Waals surface area contributed by atoms with Gasteiger partial charge in [-0.3, -0.25) is 4.79 Å². The van der Waals surface area contributed by atoms with Crippen LogP contribution in [0.1, 0.15) is 19.3 Å². The van der Waals surface area contributed by atoms with Gasteiger partial charge in [0.1, 0.15) is 9.84 Å². The Hall–Kier alpha value is -0.840. The molecule has 5 heteroatoms. The Kier molecular flexibility index (Phi) is 3.33. The highest BCUT2D eigenvalue weighted by atomic mass is 32.2. The van der Waals surface area contributed by atoms with Gasteiger partial charge >= 0.3 is 0 Å². The monoisotopic (exact) mass is 243 g/mol. The maximum atomic E-state index is 12.1. The van der Waals surface area contributed by atoms with E-state index in [4.69, 9.17) is 0 Å². The average molecular weight is 243 g/mol. The van der Waals surface area contributed by atoms with Gasteiger partial charge in [-0.1, -0.05) is 12.2 Å². The number of nitrogens with zero attached hydrogens (tertiary/aromatic N) is 1. The first-order valence-electron chi connectivity index (χ1n) is 5.73. The lowest BCUT2D eigenvalue weighted by Crippen LogP contribution is -2.41. The third kappa shape index (κ3) is 2.64. The number of carbonyl (C=O) groups excluding carboxylic acids is 1. The van der Waals surface area contributed by atoms with E-state index in [1.807, 2.05) is 11.0 Å². The predicted molar refractivity (Wildman–Crippen MR) is 61.7 cm³/mol. The fourth-order valence-electron chi connectivity index (χ4n) is 2.24. The Balaban J connectivity index is 1.93. The summed E-state index contributed by atoms with van der Waals surface area (Å²) in [7, 11) is -2.86. The lowest BCUT2D eigenvalue weighted by molar-refractivity contribution is -0.135. The Labute approximate surface area is 96.2 Å². The van der Waals surface area contributed by atoms with Gasteiger partial charge in [-0.15, -0.1) is 0 Å². The summed E-state index contributed by atoms with van der Waals surface area (Å²) in [5.74, 6) is 0.412. The molecule has 2 aliphatic heterocycles. The standard InChI is InChI=1S/C11H17NO3S/c13-11(12-6-2-1-3-7-12)10-4-8-16(14,15)9-5-10/h1-2,10H,3-9H2. The molecule has 1 saturated heterocycles. The fraction of sp³-hybridized carbons (Fsp3) is 0.727. The van der Waals surface area contributed by atoms with Gasteiger partial charge in [0, 0.05) is 19.0 Å². The number of amides is 1. The Morgan fingerprint density at radius 1 is 1.19 bits per heavy atom. The molecule has 2 aliphatic rings. The van der Waals surface area contributed by atoms with Crippen LogP contribution in [0, 0.1) is 5.92 Å². The quantitative estimate of drug-likeness (QED) is 0.634. The Morgan fingerprint density at radius 2 is 1.88 bits per heavy atom. The van der Waals surface area contributed by atoms with Crippen molar-refractivity contribution in [2.24, 2.45) is 5.92 Å². The highest BCUT2D eigenvalue weighted by Gasteiger charge is 2.31. The molecule has 2 heterocycles. The molecule has 0 unspecified atom stereocenters.